The van der Waals surface area contributed by atoms with E-state index < -0.39 is 5.54 Å². The van der Waals surface area contributed by atoms with E-state index in [-0.39, 0.29) is 5.91 Å². The van der Waals surface area contributed by atoms with E-state index in [0.29, 0.717) is 24.8 Å². The van der Waals surface area contributed by atoms with Crippen LogP contribution in [0, 0.1) is 0 Å². The zero-order valence-corrected chi connectivity index (χ0v) is 11.0. The molecule has 0 atom stereocenters. The van der Waals surface area contributed by atoms with Gasteiger partial charge in [0.05, 0.1) is 18.6 Å². The highest BCUT2D eigenvalue weighted by Crippen LogP contribution is 2.14. The molecule has 0 radical (unpaired) electrons. The van der Waals surface area contributed by atoms with Crippen molar-refractivity contribution in [3.8, 4) is 0 Å². The molecule has 0 unspecified atom stereocenters. The number of aromatic nitrogens is 2. The molecule has 1 aliphatic rings. The van der Waals surface area contributed by atoms with Gasteiger partial charge in [-0.3, -0.25) is 9.69 Å². The van der Waals surface area contributed by atoms with Crippen molar-refractivity contribution in [2.24, 2.45) is 5.73 Å². The second-order valence-corrected chi connectivity index (χ2v) is 5.26. The maximum Gasteiger partial charge on any atom is 0.240 e. The third-order valence-electron chi connectivity index (χ3n) is 2.94. The second kappa shape index (κ2) is 4.66. The fourth-order valence-corrected chi connectivity index (χ4v) is 1.71. The van der Waals surface area contributed by atoms with E-state index in [9.17, 15) is 4.79 Å². The quantitative estimate of drug-likeness (QED) is 0.784. The zero-order chi connectivity index (χ0) is 13.3. The van der Waals surface area contributed by atoms with Gasteiger partial charge in [-0.15, -0.1) is 0 Å². The fraction of sp³-hybridized carbons (Fsp3) is 0.727. The Morgan fingerprint density at radius 3 is 2.72 bits per heavy atom. The van der Waals surface area contributed by atoms with Gasteiger partial charge in [0.1, 0.15) is 0 Å². The molecular formula is C11H19N5O2. The molecule has 2 heterocycles. The lowest BCUT2D eigenvalue weighted by atomic mass is 10.1. The summed E-state index contributed by atoms with van der Waals surface area (Å²) in [7, 11) is 1.81. The number of nitrogens with zero attached hydrogens (tertiary/aromatic N) is 4. The minimum Gasteiger partial charge on any atom is -0.343 e. The second-order valence-electron chi connectivity index (χ2n) is 5.26. The number of nitrogens with two attached hydrogens (primary N) is 1. The van der Waals surface area contributed by atoms with Gasteiger partial charge < -0.3 is 15.2 Å². The Labute approximate surface area is 106 Å². The topological polar surface area (TPSA) is 88.5 Å². The molecule has 18 heavy (non-hydrogen) atoms. The van der Waals surface area contributed by atoms with E-state index in [0.717, 1.165) is 13.1 Å². The van der Waals surface area contributed by atoms with Crippen LogP contribution in [0.5, 0.6) is 0 Å². The average Bonchev–Trinajstić information content (AvgIpc) is 2.72. The molecule has 1 fully saturated rings. The molecule has 0 saturated carbocycles. The SMILES string of the molecule is CN1CCN(Cc2nc(C(C)(C)N)no2)CC1=O. The predicted octanol–water partition coefficient (Wildman–Crippen LogP) is -0.463. The van der Waals surface area contributed by atoms with Crippen molar-refractivity contribution >= 4 is 5.91 Å². The van der Waals surface area contributed by atoms with Gasteiger partial charge in [0.25, 0.3) is 0 Å². The Kier molecular flexibility index (Phi) is 3.36. The van der Waals surface area contributed by atoms with E-state index in [2.05, 4.69) is 10.1 Å². The first-order valence-corrected chi connectivity index (χ1v) is 5.94. The van der Waals surface area contributed by atoms with Crippen LogP contribution in [0.15, 0.2) is 4.52 Å². The summed E-state index contributed by atoms with van der Waals surface area (Å²) in [5.41, 5.74) is 5.27. The number of rotatable bonds is 3. The first-order chi connectivity index (χ1) is 8.36. The molecule has 2 rings (SSSR count). The van der Waals surface area contributed by atoms with Crippen LogP contribution in [0.3, 0.4) is 0 Å². The molecule has 2 N–H and O–H groups in total. The highest BCUT2D eigenvalue weighted by molar-refractivity contribution is 5.78. The monoisotopic (exact) mass is 253 g/mol. The van der Waals surface area contributed by atoms with Crippen LogP contribution in [-0.4, -0.2) is 52.5 Å². The summed E-state index contributed by atoms with van der Waals surface area (Å²) in [6, 6.07) is 0. The lowest BCUT2D eigenvalue weighted by Crippen LogP contribution is -2.48. The van der Waals surface area contributed by atoms with Crippen molar-refractivity contribution in [1.29, 1.82) is 0 Å². The number of likely N-dealkylation sites (N-methyl/N-ethyl adjacent to an activating group) is 1. The average molecular weight is 253 g/mol. The third kappa shape index (κ3) is 2.85. The maximum atomic E-state index is 11.6. The predicted molar refractivity (Wildman–Crippen MR) is 64.4 cm³/mol. The van der Waals surface area contributed by atoms with Gasteiger partial charge in [-0.25, -0.2) is 0 Å². The summed E-state index contributed by atoms with van der Waals surface area (Å²) in [5, 5.41) is 3.85. The van der Waals surface area contributed by atoms with Gasteiger partial charge in [0.15, 0.2) is 5.82 Å². The van der Waals surface area contributed by atoms with Gasteiger partial charge in [-0.05, 0) is 13.8 Å². The maximum absolute atomic E-state index is 11.6. The number of carbonyl (C=O) groups excluding carboxylic acids is 1. The molecule has 7 nitrogen and oxygen atoms in total. The molecule has 100 valence electrons. The van der Waals surface area contributed by atoms with Gasteiger partial charge in [0.2, 0.25) is 11.8 Å². The van der Waals surface area contributed by atoms with Gasteiger partial charge in [-0.2, -0.15) is 4.98 Å². The summed E-state index contributed by atoms with van der Waals surface area (Å²) < 4.78 is 5.15. The molecule has 1 saturated heterocycles. The number of amides is 1. The van der Waals surface area contributed by atoms with Crippen LogP contribution in [-0.2, 0) is 16.9 Å². The summed E-state index contributed by atoms with van der Waals surface area (Å²) in [6.07, 6.45) is 0. The zero-order valence-electron chi connectivity index (χ0n) is 11.0. The molecule has 1 aliphatic heterocycles. The largest absolute Gasteiger partial charge is 0.343 e. The third-order valence-corrected chi connectivity index (χ3v) is 2.94. The first-order valence-electron chi connectivity index (χ1n) is 5.94. The number of hydrogen-bond donors (Lipinski definition) is 1. The summed E-state index contributed by atoms with van der Waals surface area (Å²) >= 11 is 0. The highest BCUT2D eigenvalue weighted by atomic mass is 16.5. The van der Waals surface area contributed by atoms with E-state index in [1.54, 1.807) is 11.9 Å². The van der Waals surface area contributed by atoms with Crippen LogP contribution in [0.2, 0.25) is 0 Å². The molecule has 0 bridgehead atoms. The van der Waals surface area contributed by atoms with E-state index in [1.165, 1.54) is 0 Å². The van der Waals surface area contributed by atoms with Crippen LogP contribution in [0.1, 0.15) is 25.6 Å². The normalized spacial score (nSPS) is 18.4. The Morgan fingerprint density at radius 1 is 1.44 bits per heavy atom. The van der Waals surface area contributed by atoms with E-state index >= 15 is 0 Å². The highest BCUT2D eigenvalue weighted by Gasteiger charge is 2.25. The smallest absolute Gasteiger partial charge is 0.240 e. The minimum absolute atomic E-state index is 0.111. The van der Waals surface area contributed by atoms with Gasteiger partial charge >= 0.3 is 0 Å². The first kappa shape index (κ1) is 13.0. The molecule has 1 aromatic heterocycles. The Morgan fingerprint density at radius 2 is 2.17 bits per heavy atom. The summed E-state index contributed by atoms with van der Waals surface area (Å²) in [6.45, 7) is 6.05. The van der Waals surface area contributed by atoms with Gasteiger partial charge in [-0.1, -0.05) is 5.16 Å². The Hall–Kier alpha value is -1.47. The lowest BCUT2D eigenvalue weighted by molar-refractivity contribution is -0.134. The molecule has 1 aromatic rings. The lowest BCUT2D eigenvalue weighted by Gasteiger charge is -2.30. The molecule has 1 amide bonds. The van der Waals surface area contributed by atoms with Crippen molar-refractivity contribution in [3.05, 3.63) is 11.7 Å². The van der Waals surface area contributed by atoms with Crippen molar-refractivity contribution in [2.45, 2.75) is 25.9 Å². The minimum atomic E-state index is -0.611. The molecule has 0 aromatic carbocycles. The van der Waals surface area contributed by atoms with Crippen molar-refractivity contribution < 1.29 is 9.32 Å². The van der Waals surface area contributed by atoms with Crippen LogP contribution >= 0.6 is 0 Å². The van der Waals surface area contributed by atoms with E-state index in [1.807, 2.05) is 18.7 Å². The Bertz CT molecular complexity index is 437. The summed E-state index contributed by atoms with van der Waals surface area (Å²) in [4.78, 5) is 19.5. The molecule has 0 spiro atoms. The number of hydrogen-bond acceptors (Lipinski definition) is 6. The van der Waals surface area contributed by atoms with Crippen LogP contribution in [0.25, 0.3) is 0 Å². The van der Waals surface area contributed by atoms with Crippen molar-refractivity contribution in [1.82, 2.24) is 19.9 Å². The standard InChI is InChI=1S/C11H19N5O2/c1-11(2,12)10-13-8(18-14-10)6-16-5-4-15(3)9(17)7-16/h4-7,12H2,1-3H3. The summed E-state index contributed by atoms with van der Waals surface area (Å²) in [5.74, 6) is 1.10. The molecule has 7 heteroatoms. The van der Waals surface area contributed by atoms with Gasteiger partial charge in [0, 0.05) is 20.1 Å². The van der Waals surface area contributed by atoms with Crippen molar-refractivity contribution in [3.63, 3.8) is 0 Å². The van der Waals surface area contributed by atoms with Crippen LogP contribution in [0.4, 0.5) is 0 Å². The molecular weight excluding hydrogens is 234 g/mol. The molecule has 0 aliphatic carbocycles. The fourth-order valence-electron chi connectivity index (χ4n) is 1.71. The number of carbonyl (C=O) groups is 1. The van der Waals surface area contributed by atoms with Crippen LogP contribution < -0.4 is 5.73 Å². The number of piperazine rings is 1. The van der Waals surface area contributed by atoms with Crippen molar-refractivity contribution in [2.75, 3.05) is 26.7 Å². The van der Waals surface area contributed by atoms with E-state index in [4.69, 9.17) is 10.3 Å². The Balaban J connectivity index is 1.98.